The molecule has 150 valence electrons. The number of carbonyl (C=O) groups excluding carboxylic acids is 1. The number of hydrogen-bond donors (Lipinski definition) is 1. The van der Waals surface area contributed by atoms with Crippen LogP contribution < -0.4 is 5.73 Å². The smallest absolute Gasteiger partial charge is 0.239 e. The SMILES string of the molecule is CC(C)c1csc(C2CCCN(C(=O)C(N)C3CCOCC3)C2)n1.Cl.Cl. The molecule has 3 rings (SSSR count). The van der Waals surface area contributed by atoms with E-state index in [1.807, 2.05) is 4.90 Å². The molecule has 0 spiro atoms. The second-order valence-electron chi connectivity index (χ2n) is 7.36. The summed E-state index contributed by atoms with van der Waals surface area (Å²) in [6, 6.07) is -0.379. The van der Waals surface area contributed by atoms with Crippen molar-refractivity contribution >= 4 is 42.1 Å². The van der Waals surface area contributed by atoms with Crippen LogP contribution in [0.3, 0.4) is 0 Å². The summed E-state index contributed by atoms with van der Waals surface area (Å²) < 4.78 is 5.38. The number of nitrogens with zero attached hydrogens (tertiary/aromatic N) is 2. The second kappa shape index (κ2) is 10.8. The number of rotatable bonds is 4. The maximum atomic E-state index is 12.8. The van der Waals surface area contributed by atoms with Crippen LogP contribution in [0.4, 0.5) is 0 Å². The standard InChI is InChI=1S/C18H29N3O2S.2ClH/c1-12(2)15-11-24-17(20-15)14-4-3-7-21(10-14)18(22)16(19)13-5-8-23-9-6-13;;/h11-14,16H,3-10,19H2,1-2H3;2*1H. The highest BCUT2D eigenvalue weighted by atomic mass is 35.5. The first-order chi connectivity index (χ1) is 11.6. The van der Waals surface area contributed by atoms with E-state index in [1.165, 1.54) is 5.01 Å². The number of piperidine rings is 1. The summed E-state index contributed by atoms with van der Waals surface area (Å²) in [6.45, 7) is 7.39. The Balaban J connectivity index is 0.00000169. The van der Waals surface area contributed by atoms with Crippen LogP contribution in [0, 0.1) is 5.92 Å². The summed E-state index contributed by atoms with van der Waals surface area (Å²) in [5.41, 5.74) is 7.46. The van der Waals surface area contributed by atoms with Gasteiger partial charge in [-0.3, -0.25) is 4.79 Å². The van der Waals surface area contributed by atoms with Crippen LogP contribution in [0.25, 0.3) is 0 Å². The van der Waals surface area contributed by atoms with Crippen molar-refractivity contribution in [1.29, 1.82) is 0 Å². The quantitative estimate of drug-likeness (QED) is 0.803. The van der Waals surface area contributed by atoms with Gasteiger partial charge < -0.3 is 15.4 Å². The van der Waals surface area contributed by atoms with Gasteiger partial charge in [0.2, 0.25) is 5.91 Å². The molecule has 1 amide bonds. The third kappa shape index (κ3) is 5.55. The Morgan fingerprint density at radius 3 is 2.62 bits per heavy atom. The minimum Gasteiger partial charge on any atom is -0.381 e. The highest BCUT2D eigenvalue weighted by Gasteiger charge is 2.33. The molecule has 0 aromatic carbocycles. The van der Waals surface area contributed by atoms with Crippen LogP contribution in [-0.2, 0) is 9.53 Å². The lowest BCUT2D eigenvalue weighted by Crippen LogP contribution is -2.51. The van der Waals surface area contributed by atoms with E-state index < -0.39 is 0 Å². The van der Waals surface area contributed by atoms with Gasteiger partial charge in [-0.05, 0) is 37.5 Å². The van der Waals surface area contributed by atoms with Gasteiger partial charge in [-0.15, -0.1) is 36.2 Å². The topological polar surface area (TPSA) is 68.5 Å². The van der Waals surface area contributed by atoms with Gasteiger partial charge in [0.15, 0.2) is 0 Å². The zero-order valence-corrected chi connectivity index (χ0v) is 18.0. The first-order valence-corrected chi connectivity index (χ1v) is 10.0. The summed E-state index contributed by atoms with van der Waals surface area (Å²) >= 11 is 1.74. The Kier molecular flexibility index (Phi) is 9.83. The fourth-order valence-electron chi connectivity index (χ4n) is 3.62. The number of nitrogens with two attached hydrogens (primary N) is 1. The predicted octanol–water partition coefficient (Wildman–Crippen LogP) is 3.57. The molecule has 0 bridgehead atoms. The Hall–Kier alpha value is -0.400. The monoisotopic (exact) mass is 423 g/mol. The Labute approximate surface area is 172 Å². The molecular formula is C18H31Cl2N3O2S. The normalized spacial score (nSPS) is 22.5. The van der Waals surface area contributed by atoms with Crippen LogP contribution >= 0.6 is 36.2 Å². The molecule has 2 unspecified atom stereocenters. The van der Waals surface area contributed by atoms with Crippen molar-refractivity contribution in [2.24, 2.45) is 11.7 Å². The zero-order chi connectivity index (χ0) is 17.1. The number of halogens is 2. The highest BCUT2D eigenvalue weighted by Crippen LogP contribution is 2.31. The third-order valence-electron chi connectivity index (χ3n) is 5.27. The lowest BCUT2D eigenvalue weighted by atomic mass is 9.90. The molecule has 0 saturated carbocycles. The van der Waals surface area contributed by atoms with E-state index in [-0.39, 0.29) is 42.7 Å². The summed E-state index contributed by atoms with van der Waals surface area (Å²) in [6.07, 6.45) is 3.94. The summed E-state index contributed by atoms with van der Waals surface area (Å²) in [5.74, 6) is 1.20. The maximum absolute atomic E-state index is 12.8. The number of aromatic nitrogens is 1. The Morgan fingerprint density at radius 2 is 2.00 bits per heavy atom. The van der Waals surface area contributed by atoms with Crippen LogP contribution in [-0.4, -0.2) is 48.1 Å². The van der Waals surface area contributed by atoms with E-state index in [0.29, 0.717) is 11.8 Å². The van der Waals surface area contributed by atoms with Crippen LogP contribution in [0.1, 0.15) is 62.1 Å². The van der Waals surface area contributed by atoms with E-state index in [2.05, 4.69) is 19.2 Å². The van der Waals surface area contributed by atoms with Crippen LogP contribution in [0.2, 0.25) is 0 Å². The molecule has 2 saturated heterocycles. The zero-order valence-electron chi connectivity index (χ0n) is 15.6. The van der Waals surface area contributed by atoms with E-state index >= 15 is 0 Å². The van der Waals surface area contributed by atoms with E-state index in [0.717, 1.165) is 57.7 Å². The lowest BCUT2D eigenvalue weighted by molar-refractivity contribution is -0.136. The van der Waals surface area contributed by atoms with Gasteiger partial charge in [-0.25, -0.2) is 4.98 Å². The molecule has 2 atom stereocenters. The maximum Gasteiger partial charge on any atom is 0.239 e. The molecule has 3 heterocycles. The molecule has 0 radical (unpaired) electrons. The molecule has 2 fully saturated rings. The number of likely N-dealkylation sites (tertiary alicyclic amines) is 1. The van der Waals surface area contributed by atoms with Gasteiger partial charge in [0.05, 0.1) is 16.7 Å². The van der Waals surface area contributed by atoms with Crippen molar-refractivity contribution in [1.82, 2.24) is 9.88 Å². The van der Waals surface area contributed by atoms with E-state index in [1.54, 1.807) is 11.3 Å². The molecular weight excluding hydrogens is 393 g/mol. The molecule has 1 aromatic rings. The lowest BCUT2D eigenvalue weighted by Gasteiger charge is -2.36. The number of thiazole rings is 1. The van der Waals surface area contributed by atoms with Gasteiger partial charge >= 0.3 is 0 Å². The number of hydrogen-bond acceptors (Lipinski definition) is 5. The molecule has 26 heavy (non-hydrogen) atoms. The Morgan fingerprint density at radius 1 is 1.31 bits per heavy atom. The minimum atomic E-state index is -0.379. The molecule has 0 aliphatic carbocycles. The van der Waals surface area contributed by atoms with Gasteiger partial charge in [-0.2, -0.15) is 0 Å². The second-order valence-corrected chi connectivity index (χ2v) is 8.25. The van der Waals surface area contributed by atoms with E-state index in [9.17, 15) is 4.79 Å². The third-order valence-corrected chi connectivity index (χ3v) is 6.30. The highest BCUT2D eigenvalue weighted by molar-refractivity contribution is 7.09. The first-order valence-electron chi connectivity index (χ1n) is 9.13. The Bertz CT molecular complexity index is 564. The van der Waals surface area contributed by atoms with Crippen molar-refractivity contribution in [3.8, 4) is 0 Å². The van der Waals surface area contributed by atoms with Crippen molar-refractivity contribution < 1.29 is 9.53 Å². The van der Waals surface area contributed by atoms with Crippen LogP contribution in [0.15, 0.2) is 5.38 Å². The fourth-order valence-corrected chi connectivity index (χ4v) is 4.73. The number of ether oxygens (including phenoxy) is 1. The number of carbonyl (C=O) groups is 1. The largest absolute Gasteiger partial charge is 0.381 e. The molecule has 5 nitrogen and oxygen atoms in total. The molecule has 2 aliphatic heterocycles. The molecule has 1 aromatic heterocycles. The first kappa shape index (κ1) is 23.6. The predicted molar refractivity (Wildman–Crippen MR) is 111 cm³/mol. The average molecular weight is 424 g/mol. The molecule has 2 aliphatic rings. The fraction of sp³-hybridized carbons (Fsp3) is 0.778. The molecule has 8 heteroatoms. The average Bonchev–Trinajstić information content (AvgIpc) is 3.12. The van der Waals surface area contributed by atoms with Gasteiger partial charge in [0, 0.05) is 37.6 Å². The van der Waals surface area contributed by atoms with Gasteiger partial charge in [-0.1, -0.05) is 13.8 Å². The summed E-state index contributed by atoms with van der Waals surface area (Å²) in [7, 11) is 0. The summed E-state index contributed by atoms with van der Waals surface area (Å²) in [5, 5.41) is 3.34. The number of amides is 1. The molecule has 2 N–H and O–H groups in total. The van der Waals surface area contributed by atoms with Crippen LogP contribution in [0.5, 0.6) is 0 Å². The van der Waals surface area contributed by atoms with Gasteiger partial charge in [0.25, 0.3) is 0 Å². The van der Waals surface area contributed by atoms with Crippen molar-refractivity contribution in [2.45, 2.75) is 57.4 Å². The van der Waals surface area contributed by atoms with Gasteiger partial charge in [0.1, 0.15) is 0 Å². The summed E-state index contributed by atoms with van der Waals surface area (Å²) in [4.78, 5) is 19.6. The van der Waals surface area contributed by atoms with Crippen molar-refractivity contribution in [2.75, 3.05) is 26.3 Å². The van der Waals surface area contributed by atoms with E-state index in [4.69, 9.17) is 15.5 Å². The van der Waals surface area contributed by atoms with Crippen molar-refractivity contribution in [3.05, 3.63) is 16.1 Å². The van der Waals surface area contributed by atoms with Crippen molar-refractivity contribution in [3.63, 3.8) is 0 Å². The minimum absolute atomic E-state index is 0.